The number of benzene rings is 2. The van der Waals surface area contributed by atoms with Crippen LogP contribution in [0.5, 0.6) is 11.5 Å². The summed E-state index contributed by atoms with van der Waals surface area (Å²) < 4.78 is 11.6. The average Bonchev–Trinajstić information content (AvgIpc) is 3.17. The Morgan fingerprint density at radius 3 is 2.68 bits per heavy atom. The Morgan fingerprint density at radius 1 is 0.893 bits per heavy atom. The smallest absolute Gasteiger partial charge is 0.184 e. The number of para-hydroxylation sites is 2. The lowest BCUT2D eigenvalue weighted by molar-refractivity contribution is 0.171. The van der Waals surface area contributed by atoms with Crippen molar-refractivity contribution in [1.29, 1.82) is 0 Å². The van der Waals surface area contributed by atoms with Crippen LogP contribution in [0.1, 0.15) is 12.0 Å². The lowest BCUT2D eigenvalue weighted by Gasteiger charge is -2.37. The number of fused-ring (bicyclic) bond motifs is 2. The Labute approximate surface area is 165 Å². The summed E-state index contributed by atoms with van der Waals surface area (Å²) in [4.78, 5) is 8.40. The number of rotatable bonds is 5. The number of nitrogens with one attached hydrogen (secondary N) is 1. The second kappa shape index (κ2) is 7.76. The number of ether oxygens (including phenoxy) is 2. The average molecular weight is 377 g/mol. The van der Waals surface area contributed by atoms with E-state index in [0.717, 1.165) is 50.6 Å². The van der Waals surface area contributed by atoms with Crippen LogP contribution in [-0.4, -0.2) is 55.8 Å². The van der Waals surface area contributed by atoms with Crippen molar-refractivity contribution in [2.45, 2.75) is 12.8 Å². The molecule has 28 heavy (non-hydrogen) atoms. The van der Waals surface area contributed by atoms with E-state index in [1.165, 1.54) is 28.6 Å². The molecule has 1 saturated heterocycles. The predicted molar refractivity (Wildman–Crippen MR) is 113 cm³/mol. The molecule has 0 unspecified atom stereocenters. The van der Waals surface area contributed by atoms with Crippen molar-refractivity contribution in [2.24, 2.45) is 0 Å². The molecule has 0 saturated carbocycles. The van der Waals surface area contributed by atoms with Gasteiger partial charge in [-0.2, -0.15) is 0 Å². The topological polar surface area (TPSA) is 40.7 Å². The van der Waals surface area contributed by atoms with Crippen LogP contribution in [0.3, 0.4) is 0 Å². The second-order valence-corrected chi connectivity index (χ2v) is 7.59. The molecule has 0 amide bonds. The molecule has 2 aromatic carbocycles. The fourth-order valence-electron chi connectivity index (χ4n) is 4.35. The summed E-state index contributed by atoms with van der Waals surface area (Å²) in [6, 6.07) is 14.8. The molecule has 0 atom stereocenters. The summed E-state index contributed by atoms with van der Waals surface area (Å²) in [6.45, 7) is 6.69. The summed E-state index contributed by atoms with van der Waals surface area (Å²) in [5, 5.41) is 1.36. The quantitative estimate of drug-likeness (QED) is 0.736. The maximum Gasteiger partial charge on any atom is 0.184 e. The molecule has 2 aliphatic heterocycles. The molecule has 0 spiro atoms. The minimum absolute atomic E-state index is 0.637. The number of nitrogens with zero attached hydrogens (tertiary/aromatic N) is 2. The third-order valence-corrected chi connectivity index (χ3v) is 5.85. The van der Waals surface area contributed by atoms with Gasteiger partial charge >= 0.3 is 0 Å². The van der Waals surface area contributed by atoms with Crippen LogP contribution in [-0.2, 0) is 6.42 Å². The number of aromatic nitrogens is 1. The molecule has 5 nitrogen and oxygen atoms in total. The van der Waals surface area contributed by atoms with Gasteiger partial charge in [0, 0.05) is 43.3 Å². The monoisotopic (exact) mass is 377 g/mol. The van der Waals surface area contributed by atoms with E-state index in [0.29, 0.717) is 13.2 Å². The maximum absolute atomic E-state index is 5.89. The Hall–Kier alpha value is -2.66. The zero-order valence-corrected chi connectivity index (χ0v) is 16.2. The lowest BCUT2D eigenvalue weighted by Crippen LogP contribution is -2.46. The molecule has 0 aliphatic carbocycles. The van der Waals surface area contributed by atoms with Crippen molar-refractivity contribution in [3.63, 3.8) is 0 Å². The van der Waals surface area contributed by atoms with Crippen molar-refractivity contribution in [1.82, 2.24) is 9.88 Å². The van der Waals surface area contributed by atoms with Gasteiger partial charge in [0.25, 0.3) is 0 Å². The van der Waals surface area contributed by atoms with Crippen molar-refractivity contribution in [3.05, 3.63) is 54.2 Å². The SMILES string of the molecule is c1cc2c(c(N3CCN(CCCc4c[nH]c5ccccc45)CC3)c1)OCCO2. The van der Waals surface area contributed by atoms with Crippen LogP contribution in [0.15, 0.2) is 48.7 Å². The highest BCUT2D eigenvalue weighted by molar-refractivity contribution is 5.83. The van der Waals surface area contributed by atoms with Gasteiger partial charge in [0.15, 0.2) is 11.5 Å². The first-order chi connectivity index (χ1) is 13.9. The van der Waals surface area contributed by atoms with Crippen molar-refractivity contribution in [2.75, 3.05) is 50.8 Å². The Morgan fingerprint density at radius 2 is 1.75 bits per heavy atom. The van der Waals surface area contributed by atoms with Crippen LogP contribution in [0.2, 0.25) is 0 Å². The molecule has 2 aliphatic rings. The highest BCUT2D eigenvalue weighted by Crippen LogP contribution is 2.39. The summed E-state index contributed by atoms with van der Waals surface area (Å²) in [7, 11) is 0. The van der Waals surface area contributed by atoms with Crippen LogP contribution < -0.4 is 14.4 Å². The number of piperazine rings is 1. The summed E-state index contributed by atoms with van der Waals surface area (Å²) in [6.07, 6.45) is 4.49. The Kier molecular flexibility index (Phi) is 4.83. The number of aromatic amines is 1. The summed E-state index contributed by atoms with van der Waals surface area (Å²) >= 11 is 0. The molecule has 1 fully saturated rings. The molecule has 1 aromatic heterocycles. The zero-order valence-electron chi connectivity index (χ0n) is 16.2. The van der Waals surface area contributed by atoms with Crippen LogP contribution in [0.25, 0.3) is 10.9 Å². The number of H-pyrrole nitrogens is 1. The predicted octanol–water partition coefficient (Wildman–Crippen LogP) is 3.69. The van der Waals surface area contributed by atoms with E-state index in [1.807, 2.05) is 6.07 Å². The van der Waals surface area contributed by atoms with Crippen molar-refractivity contribution >= 4 is 16.6 Å². The molecule has 0 bridgehead atoms. The van der Waals surface area contributed by atoms with Crippen LogP contribution >= 0.6 is 0 Å². The standard InChI is InChI=1S/C23H27N3O2/c1-2-7-20-19(6-1)18(17-24-20)5-4-10-25-11-13-26(14-12-25)21-8-3-9-22-23(21)28-16-15-27-22/h1-3,6-9,17,24H,4-5,10-16H2. The van der Waals surface area contributed by atoms with Gasteiger partial charge in [-0.1, -0.05) is 24.3 Å². The molecule has 5 rings (SSSR count). The van der Waals surface area contributed by atoms with Crippen molar-refractivity contribution < 1.29 is 9.47 Å². The molecular formula is C23H27N3O2. The first-order valence-corrected chi connectivity index (χ1v) is 10.3. The van der Waals surface area contributed by atoms with E-state index >= 15 is 0 Å². The molecule has 0 radical (unpaired) electrons. The van der Waals surface area contributed by atoms with Gasteiger partial charge in [0.2, 0.25) is 0 Å². The van der Waals surface area contributed by atoms with Crippen molar-refractivity contribution in [3.8, 4) is 11.5 Å². The molecule has 146 valence electrons. The summed E-state index contributed by atoms with van der Waals surface area (Å²) in [5.41, 5.74) is 3.85. The molecule has 3 heterocycles. The first-order valence-electron chi connectivity index (χ1n) is 10.3. The number of anilines is 1. The number of hydrogen-bond acceptors (Lipinski definition) is 4. The highest BCUT2D eigenvalue weighted by atomic mass is 16.6. The second-order valence-electron chi connectivity index (χ2n) is 7.59. The Balaban J connectivity index is 1.15. The maximum atomic E-state index is 5.89. The van der Waals surface area contributed by atoms with Gasteiger partial charge in [-0.25, -0.2) is 0 Å². The van der Waals surface area contributed by atoms with Gasteiger partial charge in [-0.15, -0.1) is 0 Å². The van der Waals surface area contributed by atoms with E-state index in [4.69, 9.17) is 9.47 Å². The molecular weight excluding hydrogens is 350 g/mol. The lowest BCUT2D eigenvalue weighted by atomic mass is 10.1. The zero-order chi connectivity index (χ0) is 18.8. The molecule has 5 heteroatoms. The Bertz CT molecular complexity index is 944. The fraction of sp³-hybridized carbons (Fsp3) is 0.391. The van der Waals surface area contributed by atoms with Crippen LogP contribution in [0, 0.1) is 0 Å². The van der Waals surface area contributed by atoms with Gasteiger partial charge in [-0.05, 0) is 43.1 Å². The van der Waals surface area contributed by atoms with E-state index in [9.17, 15) is 0 Å². The fourth-order valence-corrected chi connectivity index (χ4v) is 4.35. The highest BCUT2D eigenvalue weighted by Gasteiger charge is 2.23. The van der Waals surface area contributed by atoms with E-state index < -0.39 is 0 Å². The van der Waals surface area contributed by atoms with Gasteiger partial charge in [0.1, 0.15) is 13.2 Å². The van der Waals surface area contributed by atoms with Crippen LogP contribution in [0.4, 0.5) is 5.69 Å². The number of aryl methyl sites for hydroxylation is 1. The minimum atomic E-state index is 0.637. The van der Waals surface area contributed by atoms with Gasteiger partial charge in [0.05, 0.1) is 5.69 Å². The molecule has 3 aromatic rings. The first kappa shape index (κ1) is 17.4. The normalized spacial score (nSPS) is 17.2. The third-order valence-electron chi connectivity index (χ3n) is 5.85. The van der Waals surface area contributed by atoms with Gasteiger partial charge in [-0.3, -0.25) is 4.90 Å². The molecule has 1 N–H and O–H groups in total. The van der Waals surface area contributed by atoms with Gasteiger partial charge < -0.3 is 19.4 Å². The van der Waals surface area contributed by atoms with E-state index in [2.05, 4.69) is 57.4 Å². The van der Waals surface area contributed by atoms with E-state index in [-0.39, 0.29) is 0 Å². The minimum Gasteiger partial charge on any atom is -0.486 e. The summed E-state index contributed by atoms with van der Waals surface area (Å²) in [5.74, 6) is 1.80. The number of hydrogen-bond donors (Lipinski definition) is 1. The largest absolute Gasteiger partial charge is 0.486 e. The third kappa shape index (κ3) is 3.42. The van der Waals surface area contributed by atoms with E-state index in [1.54, 1.807) is 0 Å².